The number of nitrogens with zero attached hydrogens (tertiary/aromatic N) is 1. The van der Waals surface area contributed by atoms with Crippen LogP contribution in [-0.4, -0.2) is 25.0 Å². The van der Waals surface area contributed by atoms with Crippen LogP contribution in [-0.2, 0) is 0 Å². The Labute approximate surface area is 93.1 Å². The van der Waals surface area contributed by atoms with Gasteiger partial charge in [0.25, 0.3) is 0 Å². The van der Waals surface area contributed by atoms with Crippen LogP contribution in [0.3, 0.4) is 0 Å². The molecule has 0 amide bonds. The predicted octanol–water partition coefficient (Wildman–Crippen LogP) is 2.25. The highest BCUT2D eigenvalue weighted by molar-refractivity contribution is 5.30. The largest absolute Gasteiger partial charge is 0.329 e. The van der Waals surface area contributed by atoms with Crippen LogP contribution in [0.25, 0.3) is 0 Å². The minimum atomic E-state index is 0.341. The minimum absolute atomic E-state index is 0.341. The molecule has 0 aliphatic carbocycles. The van der Waals surface area contributed by atoms with Gasteiger partial charge in [0.2, 0.25) is 0 Å². The summed E-state index contributed by atoms with van der Waals surface area (Å²) < 4.78 is 0. The highest BCUT2D eigenvalue weighted by atomic mass is 15.1. The van der Waals surface area contributed by atoms with Gasteiger partial charge in [-0.1, -0.05) is 36.2 Å². The Balaban J connectivity index is 3.01. The summed E-state index contributed by atoms with van der Waals surface area (Å²) in [7, 11) is 2.12. The molecule has 2 nitrogen and oxygen atoms in total. The van der Waals surface area contributed by atoms with Crippen molar-refractivity contribution in [2.24, 2.45) is 5.73 Å². The van der Waals surface area contributed by atoms with Gasteiger partial charge in [-0.05, 0) is 33.0 Å². The molecule has 0 saturated carbocycles. The van der Waals surface area contributed by atoms with Crippen LogP contribution in [0.5, 0.6) is 0 Å². The first-order chi connectivity index (χ1) is 7.08. The van der Waals surface area contributed by atoms with Crippen molar-refractivity contribution >= 4 is 0 Å². The zero-order valence-corrected chi connectivity index (χ0v) is 10.2. The first kappa shape index (κ1) is 12.2. The Kier molecular flexibility index (Phi) is 4.30. The third kappa shape index (κ3) is 3.05. The number of benzene rings is 1. The minimum Gasteiger partial charge on any atom is -0.329 e. The number of hydrogen-bond donors (Lipinski definition) is 1. The molecule has 15 heavy (non-hydrogen) atoms. The van der Waals surface area contributed by atoms with Crippen molar-refractivity contribution in [3.8, 4) is 0 Å². The number of aryl methyl sites for hydroxylation is 2. The molecule has 84 valence electrons. The third-order valence-electron chi connectivity index (χ3n) is 2.88. The Morgan fingerprint density at radius 2 is 1.73 bits per heavy atom. The molecule has 0 aromatic heterocycles. The smallest absolute Gasteiger partial charge is 0.0467 e. The van der Waals surface area contributed by atoms with Gasteiger partial charge >= 0.3 is 0 Å². The molecule has 1 aromatic rings. The summed E-state index contributed by atoms with van der Waals surface area (Å²) >= 11 is 0. The summed E-state index contributed by atoms with van der Waals surface area (Å²) in [4.78, 5) is 2.29. The van der Waals surface area contributed by atoms with E-state index in [9.17, 15) is 0 Å². The fraction of sp³-hybridized carbons (Fsp3) is 0.538. The quantitative estimate of drug-likeness (QED) is 0.818. The second-order valence-corrected chi connectivity index (χ2v) is 4.25. The Morgan fingerprint density at radius 3 is 2.13 bits per heavy atom. The van der Waals surface area contributed by atoms with Crippen LogP contribution in [0.1, 0.15) is 29.7 Å². The lowest BCUT2D eigenvalue weighted by Gasteiger charge is -2.26. The van der Waals surface area contributed by atoms with E-state index in [4.69, 9.17) is 5.73 Å². The summed E-state index contributed by atoms with van der Waals surface area (Å²) in [6.45, 7) is 8.12. The summed E-state index contributed by atoms with van der Waals surface area (Å²) in [5.74, 6) is 0. The van der Waals surface area contributed by atoms with E-state index in [-0.39, 0.29) is 0 Å². The summed E-state index contributed by atoms with van der Waals surface area (Å²) in [5.41, 5.74) is 9.80. The summed E-state index contributed by atoms with van der Waals surface area (Å²) in [6.07, 6.45) is 0. The van der Waals surface area contributed by atoms with E-state index in [1.54, 1.807) is 0 Å². The van der Waals surface area contributed by atoms with E-state index in [0.29, 0.717) is 12.6 Å². The molecule has 1 atom stereocenters. The molecule has 0 heterocycles. The number of nitrogens with two attached hydrogens (primary N) is 1. The standard InChI is InChI=1S/C13H22N2/c1-5-15(4)13(9-14)12-7-10(2)6-11(3)8-12/h6-8,13H,5,9,14H2,1-4H3. The van der Waals surface area contributed by atoms with Crippen LogP contribution >= 0.6 is 0 Å². The van der Waals surface area contributed by atoms with Gasteiger partial charge in [0.15, 0.2) is 0 Å². The van der Waals surface area contributed by atoms with Gasteiger partial charge in [0.1, 0.15) is 0 Å². The maximum absolute atomic E-state index is 5.84. The van der Waals surface area contributed by atoms with E-state index in [0.717, 1.165) is 6.54 Å². The maximum Gasteiger partial charge on any atom is 0.0467 e. The first-order valence-electron chi connectivity index (χ1n) is 5.57. The maximum atomic E-state index is 5.84. The predicted molar refractivity (Wildman–Crippen MR) is 66.0 cm³/mol. The van der Waals surface area contributed by atoms with Crippen molar-refractivity contribution in [2.45, 2.75) is 26.8 Å². The molecule has 1 rings (SSSR count). The number of rotatable bonds is 4. The molecule has 0 bridgehead atoms. The molecular formula is C13H22N2. The lowest BCUT2D eigenvalue weighted by atomic mass is 10.0. The SMILES string of the molecule is CCN(C)C(CN)c1cc(C)cc(C)c1. The molecule has 1 unspecified atom stereocenters. The third-order valence-corrected chi connectivity index (χ3v) is 2.88. The van der Waals surface area contributed by atoms with E-state index < -0.39 is 0 Å². The van der Waals surface area contributed by atoms with E-state index in [1.165, 1.54) is 16.7 Å². The van der Waals surface area contributed by atoms with Gasteiger partial charge in [0.05, 0.1) is 0 Å². The molecule has 0 spiro atoms. The Bertz CT molecular complexity index is 300. The second-order valence-electron chi connectivity index (χ2n) is 4.25. The van der Waals surface area contributed by atoms with Gasteiger partial charge in [-0.2, -0.15) is 0 Å². The van der Waals surface area contributed by atoms with Gasteiger partial charge in [-0.15, -0.1) is 0 Å². The van der Waals surface area contributed by atoms with Gasteiger partial charge in [-0.3, -0.25) is 4.90 Å². The lowest BCUT2D eigenvalue weighted by molar-refractivity contribution is 0.263. The van der Waals surface area contributed by atoms with Crippen LogP contribution in [0.15, 0.2) is 18.2 Å². The Hall–Kier alpha value is -0.860. The number of hydrogen-bond acceptors (Lipinski definition) is 2. The van der Waals surface area contributed by atoms with E-state index >= 15 is 0 Å². The highest BCUT2D eigenvalue weighted by Crippen LogP contribution is 2.20. The van der Waals surface area contributed by atoms with Crippen molar-refractivity contribution in [1.29, 1.82) is 0 Å². The zero-order chi connectivity index (χ0) is 11.4. The summed E-state index contributed by atoms with van der Waals surface area (Å²) in [5, 5.41) is 0. The van der Waals surface area contributed by atoms with Crippen molar-refractivity contribution < 1.29 is 0 Å². The van der Waals surface area contributed by atoms with Crippen molar-refractivity contribution in [3.63, 3.8) is 0 Å². The molecule has 0 aliphatic heterocycles. The normalized spacial score (nSPS) is 13.2. The van der Waals surface area contributed by atoms with Crippen molar-refractivity contribution in [1.82, 2.24) is 4.90 Å². The van der Waals surface area contributed by atoms with Gasteiger partial charge < -0.3 is 5.73 Å². The molecule has 2 N–H and O–H groups in total. The average Bonchev–Trinajstić information content (AvgIpc) is 2.17. The summed E-state index contributed by atoms with van der Waals surface area (Å²) in [6, 6.07) is 7.00. The van der Waals surface area contributed by atoms with Crippen LogP contribution in [0.2, 0.25) is 0 Å². The fourth-order valence-electron chi connectivity index (χ4n) is 1.99. The molecule has 0 aliphatic rings. The Morgan fingerprint density at radius 1 is 1.20 bits per heavy atom. The highest BCUT2D eigenvalue weighted by Gasteiger charge is 2.14. The topological polar surface area (TPSA) is 29.3 Å². The molecule has 0 radical (unpaired) electrons. The molecule has 2 heteroatoms. The number of likely N-dealkylation sites (N-methyl/N-ethyl adjacent to an activating group) is 1. The monoisotopic (exact) mass is 206 g/mol. The molecule has 0 saturated heterocycles. The van der Waals surface area contributed by atoms with Crippen LogP contribution in [0, 0.1) is 13.8 Å². The second kappa shape index (κ2) is 5.29. The van der Waals surface area contributed by atoms with E-state index in [1.807, 2.05) is 0 Å². The van der Waals surface area contributed by atoms with Gasteiger partial charge in [-0.25, -0.2) is 0 Å². The van der Waals surface area contributed by atoms with Crippen LogP contribution < -0.4 is 5.73 Å². The van der Waals surface area contributed by atoms with Gasteiger partial charge in [0, 0.05) is 12.6 Å². The molecule has 1 aromatic carbocycles. The van der Waals surface area contributed by atoms with Crippen molar-refractivity contribution in [3.05, 3.63) is 34.9 Å². The average molecular weight is 206 g/mol. The zero-order valence-electron chi connectivity index (χ0n) is 10.2. The fourth-order valence-corrected chi connectivity index (χ4v) is 1.99. The lowest BCUT2D eigenvalue weighted by Crippen LogP contribution is -2.30. The molecular weight excluding hydrogens is 184 g/mol. The molecule has 0 fully saturated rings. The first-order valence-corrected chi connectivity index (χ1v) is 5.57. The van der Waals surface area contributed by atoms with E-state index in [2.05, 4.69) is 50.9 Å². The van der Waals surface area contributed by atoms with Crippen molar-refractivity contribution in [2.75, 3.05) is 20.1 Å². The van der Waals surface area contributed by atoms with Crippen LogP contribution in [0.4, 0.5) is 0 Å².